The van der Waals surface area contributed by atoms with E-state index in [1.807, 2.05) is 68.4 Å². The van der Waals surface area contributed by atoms with Crippen molar-refractivity contribution in [2.24, 2.45) is 0 Å². The Morgan fingerprint density at radius 2 is 1.63 bits per heavy atom. The lowest BCUT2D eigenvalue weighted by molar-refractivity contribution is 0.251. The van der Waals surface area contributed by atoms with Gasteiger partial charge in [-0.3, -0.25) is 0 Å². The highest BCUT2D eigenvalue weighted by Gasteiger charge is 2.26. The Balaban J connectivity index is 1.58. The first-order chi connectivity index (χ1) is 20.3. The van der Waals surface area contributed by atoms with Gasteiger partial charge in [-0.15, -0.1) is 11.3 Å². The zero-order valence-electron chi connectivity index (χ0n) is 24.7. The molecule has 0 aliphatic rings. The second-order valence-corrected chi connectivity index (χ2v) is 14.3. The van der Waals surface area contributed by atoms with E-state index < -0.39 is 21.6 Å². The molecule has 3 aromatic carbocycles. The molecule has 0 radical (unpaired) electrons. The van der Waals surface area contributed by atoms with Gasteiger partial charge >= 0.3 is 6.03 Å². The Labute approximate surface area is 262 Å². The van der Waals surface area contributed by atoms with Crippen molar-refractivity contribution < 1.29 is 13.2 Å². The summed E-state index contributed by atoms with van der Waals surface area (Å²) in [6.45, 7) is 9.69. The van der Waals surface area contributed by atoms with Crippen LogP contribution in [0.15, 0.2) is 83.9 Å². The number of thiocarbonyl (C=S) groups is 1. The van der Waals surface area contributed by atoms with Gasteiger partial charge in [-0.1, -0.05) is 36.4 Å². The summed E-state index contributed by atoms with van der Waals surface area (Å²) >= 11 is 6.70. The number of urea groups is 1. The lowest BCUT2D eigenvalue weighted by Crippen LogP contribution is -2.40. The summed E-state index contributed by atoms with van der Waals surface area (Å²) in [5.74, 6) is 0. The Morgan fingerprint density at radius 1 is 0.953 bits per heavy atom. The van der Waals surface area contributed by atoms with Crippen molar-refractivity contribution >= 4 is 56.1 Å². The average Bonchev–Trinajstić information content (AvgIpc) is 3.41. The number of nitrogens with zero attached hydrogens (tertiary/aromatic N) is 1. The largest absolute Gasteiger partial charge is 0.360 e. The lowest BCUT2D eigenvalue weighted by atomic mass is 10.1. The second kappa shape index (κ2) is 13.6. The first kappa shape index (κ1) is 32.1. The summed E-state index contributed by atoms with van der Waals surface area (Å²) in [6.07, 6.45) is 1.67. The quantitative estimate of drug-likeness (QED) is 0.132. The van der Waals surface area contributed by atoms with Gasteiger partial charge in [-0.2, -0.15) is 0 Å². The first-order valence-electron chi connectivity index (χ1n) is 13.7. The molecule has 43 heavy (non-hydrogen) atoms. The van der Waals surface area contributed by atoms with E-state index in [0.717, 1.165) is 21.8 Å². The zero-order valence-corrected chi connectivity index (χ0v) is 27.1. The van der Waals surface area contributed by atoms with Gasteiger partial charge in [0.1, 0.15) is 5.01 Å². The van der Waals surface area contributed by atoms with E-state index in [4.69, 9.17) is 12.2 Å². The lowest BCUT2D eigenvalue weighted by Gasteiger charge is -2.22. The van der Waals surface area contributed by atoms with Crippen LogP contribution in [0.1, 0.15) is 40.2 Å². The topological polar surface area (TPSA) is 124 Å². The fraction of sp³-hybridized carbons (Fsp3) is 0.258. The molecule has 0 aliphatic heterocycles. The van der Waals surface area contributed by atoms with Crippen LogP contribution < -0.4 is 26.0 Å². The van der Waals surface area contributed by atoms with Crippen LogP contribution in [0.2, 0.25) is 0 Å². The predicted octanol–water partition coefficient (Wildman–Crippen LogP) is 6.57. The van der Waals surface area contributed by atoms with Crippen molar-refractivity contribution in [3.8, 4) is 21.0 Å². The highest BCUT2D eigenvalue weighted by atomic mass is 32.2. The number of amides is 2. The van der Waals surface area contributed by atoms with Gasteiger partial charge in [0.25, 0.3) is 0 Å². The molecule has 4 aromatic rings. The number of nitrogens with one attached hydrogen (secondary N) is 5. The van der Waals surface area contributed by atoms with Crippen LogP contribution in [0, 0.1) is 0 Å². The Bertz CT molecular complexity index is 1680. The molecule has 0 fully saturated rings. The molecular weight excluding hydrogens is 601 g/mol. The van der Waals surface area contributed by atoms with Crippen molar-refractivity contribution in [1.29, 1.82) is 0 Å². The molecule has 1 aromatic heterocycles. The summed E-state index contributed by atoms with van der Waals surface area (Å²) < 4.78 is 29.9. The van der Waals surface area contributed by atoms with Gasteiger partial charge in [-0.05, 0) is 88.8 Å². The number of hydrogen-bond donors (Lipinski definition) is 5. The minimum atomic E-state index is -3.96. The number of anilines is 2. The molecule has 4 rings (SSSR count). The molecule has 5 N–H and O–H groups in total. The van der Waals surface area contributed by atoms with Gasteiger partial charge in [0, 0.05) is 46.8 Å². The van der Waals surface area contributed by atoms with Crippen molar-refractivity contribution in [3.05, 3.63) is 84.6 Å². The summed E-state index contributed by atoms with van der Waals surface area (Å²) in [5.41, 5.74) is 2.80. The maximum atomic E-state index is 13.6. The molecule has 0 atom stereocenters. The van der Waals surface area contributed by atoms with Crippen molar-refractivity contribution in [2.75, 3.05) is 10.6 Å². The number of aromatic nitrogens is 1. The molecule has 0 aliphatic carbocycles. The molecule has 0 bridgehead atoms. The van der Waals surface area contributed by atoms with E-state index in [1.54, 1.807) is 39.1 Å². The highest BCUT2D eigenvalue weighted by molar-refractivity contribution is 7.89. The van der Waals surface area contributed by atoms with Crippen LogP contribution in [0.5, 0.6) is 0 Å². The Hall–Kier alpha value is -3.84. The van der Waals surface area contributed by atoms with E-state index in [2.05, 4.69) is 31.0 Å². The number of sulfonamides is 1. The number of carbonyl (C=O) groups excluding carboxylic acids is 1. The molecule has 2 amide bonds. The third kappa shape index (κ3) is 9.32. The van der Waals surface area contributed by atoms with Crippen LogP contribution in [0.25, 0.3) is 21.0 Å². The number of benzene rings is 3. The third-order valence-electron chi connectivity index (χ3n) is 5.85. The van der Waals surface area contributed by atoms with Crippen molar-refractivity contribution in [1.82, 2.24) is 20.3 Å². The van der Waals surface area contributed by atoms with Crippen molar-refractivity contribution in [2.45, 2.75) is 57.6 Å². The summed E-state index contributed by atoms with van der Waals surface area (Å²) in [4.78, 5) is 17.9. The first-order valence-corrected chi connectivity index (χ1v) is 16.4. The second-order valence-electron chi connectivity index (χ2n) is 11.2. The van der Waals surface area contributed by atoms with Crippen molar-refractivity contribution in [3.63, 3.8) is 0 Å². The average molecular weight is 637 g/mol. The number of hydrogen-bond acceptors (Lipinski definition) is 6. The van der Waals surface area contributed by atoms with E-state index in [-0.39, 0.29) is 10.9 Å². The Morgan fingerprint density at radius 3 is 2.28 bits per heavy atom. The van der Waals surface area contributed by atoms with Crippen LogP contribution in [0.4, 0.5) is 16.2 Å². The van der Waals surface area contributed by atoms with E-state index in [0.29, 0.717) is 27.8 Å². The SMILES string of the molecule is CC(C)NC(=S)Nc1ccc(-c2ncc(-c3ccc(NC(=O)NCc4ccccc4)cc3S(=O)(=O)NC(C)(C)C)s2)cc1. The number of rotatable bonds is 9. The smallest absolute Gasteiger partial charge is 0.319 e. The number of thiazole rings is 1. The molecule has 0 spiro atoms. The molecule has 0 unspecified atom stereocenters. The minimum Gasteiger partial charge on any atom is -0.360 e. The molecule has 9 nitrogen and oxygen atoms in total. The van der Waals surface area contributed by atoms with E-state index >= 15 is 0 Å². The van der Waals surface area contributed by atoms with Gasteiger partial charge in [-0.25, -0.2) is 22.9 Å². The fourth-order valence-corrected chi connectivity index (χ4v) is 7.14. The zero-order chi connectivity index (χ0) is 31.2. The number of carbonyl (C=O) groups is 1. The summed E-state index contributed by atoms with van der Waals surface area (Å²) in [5, 5.41) is 13.1. The standard InChI is InChI=1S/C31H36N6O3S3/c1-20(2)34-30(41)36-23-13-11-22(12-14-23)28-32-19-26(42-28)25-16-15-24(17-27(25)43(39,40)37-31(3,4)5)35-29(38)33-18-21-9-7-6-8-10-21/h6-17,19-20,37H,18H2,1-5H3,(H2,33,35,38)(H2,34,36,41). The molecule has 0 saturated heterocycles. The third-order valence-corrected chi connectivity index (χ3v) is 8.94. The summed E-state index contributed by atoms with van der Waals surface area (Å²) in [7, 11) is -3.96. The maximum absolute atomic E-state index is 13.6. The van der Waals surface area contributed by atoms with Gasteiger partial charge in [0.15, 0.2) is 5.11 Å². The van der Waals surface area contributed by atoms with E-state index in [1.165, 1.54) is 17.4 Å². The minimum absolute atomic E-state index is 0.0456. The monoisotopic (exact) mass is 636 g/mol. The molecule has 0 saturated carbocycles. The Kier molecular flexibility index (Phi) is 10.2. The van der Waals surface area contributed by atoms with Gasteiger partial charge < -0.3 is 21.3 Å². The van der Waals surface area contributed by atoms with Crippen LogP contribution >= 0.6 is 23.6 Å². The maximum Gasteiger partial charge on any atom is 0.319 e. The predicted molar refractivity (Wildman–Crippen MR) is 180 cm³/mol. The van der Waals surface area contributed by atoms with E-state index in [9.17, 15) is 13.2 Å². The van der Waals surface area contributed by atoms with Gasteiger partial charge in [0.05, 0.1) is 9.77 Å². The molecule has 1 heterocycles. The van der Waals surface area contributed by atoms with Crippen LogP contribution in [0.3, 0.4) is 0 Å². The fourth-order valence-electron chi connectivity index (χ4n) is 4.10. The summed E-state index contributed by atoms with van der Waals surface area (Å²) in [6, 6.07) is 21.8. The molecule has 226 valence electrons. The van der Waals surface area contributed by atoms with Crippen LogP contribution in [-0.4, -0.2) is 36.1 Å². The molecule has 12 heteroatoms. The normalized spacial score (nSPS) is 11.7. The molecular formula is C31H36N6O3S3. The van der Waals surface area contributed by atoms with Crippen LogP contribution in [-0.2, 0) is 16.6 Å². The highest BCUT2D eigenvalue weighted by Crippen LogP contribution is 2.37. The van der Waals surface area contributed by atoms with Gasteiger partial charge in [0.2, 0.25) is 10.0 Å².